The summed E-state index contributed by atoms with van der Waals surface area (Å²) in [4.78, 5) is 19.9. The summed E-state index contributed by atoms with van der Waals surface area (Å²) < 4.78 is 5.51. The van der Waals surface area contributed by atoms with E-state index in [0.29, 0.717) is 11.2 Å². The molecule has 8 heteroatoms. The second-order valence-corrected chi connectivity index (χ2v) is 8.76. The van der Waals surface area contributed by atoms with Crippen LogP contribution in [0.15, 0.2) is 55.0 Å². The second kappa shape index (κ2) is 9.81. The van der Waals surface area contributed by atoms with Crippen LogP contribution in [0.5, 0.6) is 5.75 Å². The van der Waals surface area contributed by atoms with Gasteiger partial charge in [-0.05, 0) is 48.6 Å². The fourth-order valence-electron chi connectivity index (χ4n) is 4.44. The summed E-state index contributed by atoms with van der Waals surface area (Å²) in [7, 11) is 1.70. The van der Waals surface area contributed by atoms with E-state index in [1.54, 1.807) is 19.5 Å². The Hall–Kier alpha value is -3.45. The molecular weight excluding hydrogens is 448 g/mol. The molecule has 1 aliphatic rings. The lowest BCUT2D eigenvalue weighted by atomic mass is 9.99. The van der Waals surface area contributed by atoms with Gasteiger partial charge in [0, 0.05) is 60.8 Å². The molecule has 1 N–H and O–H groups in total. The fourth-order valence-corrected chi connectivity index (χ4v) is 4.67. The van der Waals surface area contributed by atoms with E-state index < -0.39 is 0 Å². The Morgan fingerprint density at radius 2 is 1.85 bits per heavy atom. The largest absolute Gasteiger partial charge is 0.497 e. The number of piperidine rings is 1. The molecule has 0 radical (unpaired) electrons. The molecule has 2 aromatic heterocycles. The molecule has 0 spiro atoms. The number of nitrogens with zero attached hydrogens (tertiary/aromatic N) is 5. The average Bonchev–Trinajstić information content (AvgIpc) is 2.89. The Morgan fingerprint density at radius 1 is 1.03 bits per heavy atom. The van der Waals surface area contributed by atoms with E-state index >= 15 is 0 Å². The Balaban J connectivity index is 1.44. The molecule has 2 aromatic carbocycles. The number of rotatable bonds is 6. The van der Waals surface area contributed by atoms with Crippen molar-refractivity contribution in [2.45, 2.75) is 32.2 Å². The zero-order valence-electron chi connectivity index (χ0n) is 19.3. The minimum absolute atomic E-state index is 0.327. The van der Waals surface area contributed by atoms with E-state index in [1.165, 1.54) is 0 Å². The molecule has 0 saturated carbocycles. The van der Waals surface area contributed by atoms with Gasteiger partial charge in [0.1, 0.15) is 11.6 Å². The molecule has 1 saturated heterocycles. The van der Waals surface area contributed by atoms with E-state index in [9.17, 15) is 0 Å². The molecule has 174 valence electrons. The molecule has 0 unspecified atom stereocenters. The zero-order valence-corrected chi connectivity index (χ0v) is 20.1. The zero-order chi connectivity index (χ0) is 23.5. The van der Waals surface area contributed by atoms with Crippen LogP contribution in [0, 0.1) is 0 Å². The van der Waals surface area contributed by atoms with Gasteiger partial charge >= 0.3 is 0 Å². The van der Waals surface area contributed by atoms with E-state index in [4.69, 9.17) is 21.3 Å². The normalized spacial score (nSPS) is 14.4. The van der Waals surface area contributed by atoms with Gasteiger partial charge in [-0.15, -0.1) is 0 Å². The highest BCUT2D eigenvalue weighted by atomic mass is 35.5. The summed E-state index contributed by atoms with van der Waals surface area (Å²) in [6, 6.07) is 12.9. The predicted octanol–water partition coefficient (Wildman–Crippen LogP) is 5.39. The van der Waals surface area contributed by atoms with E-state index in [2.05, 4.69) is 56.4 Å². The first-order valence-electron chi connectivity index (χ1n) is 11.6. The number of nitrogens with one attached hydrogen (secondary N) is 1. The van der Waals surface area contributed by atoms with Crippen LogP contribution in [-0.2, 0) is 6.42 Å². The molecule has 1 aliphatic heterocycles. The fraction of sp³-hybridized carbons (Fsp3) is 0.308. The highest BCUT2D eigenvalue weighted by Gasteiger charge is 2.23. The van der Waals surface area contributed by atoms with Gasteiger partial charge in [-0.1, -0.05) is 24.6 Å². The number of aryl methyl sites for hydroxylation is 1. The number of ether oxygens (including phenoxy) is 1. The Kier molecular flexibility index (Phi) is 6.45. The highest BCUT2D eigenvalue weighted by Crippen LogP contribution is 2.34. The molecule has 34 heavy (non-hydrogen) atoms. The third-order valence-corrected chi connectivity index (χ3v) is 6.54. The first-order chi connectivity index (χ1) is 16.6. The first-order valence-corrected chi connectivity index (χ1v) is 11.9. The van der Waals surface area contributed by atoms with Crippen LogP contribution in [0.25, 0.3) is 22.0 Å². The van der Waals surface area contributed by atoms with Crippen molar-refractivity contribution in [1.82, 2.24) is 19.9 Å². The van der Waals surface area contributed by atoms with Gasteiger partial charge in [0.2, 0.25) is 0 Å². The van der Waals surface area contributed by atoms with E-state index in [0.717, 1.165) is 77.5 Å². The molecule has 4 aromatic rings. The van der Waals surface area contributed by atoms with E-state index in [1.807, 2.05) is 18.3 Å². The predicted molar refractivity (Wildman–Crippen MR) is 137 cm³/mol. The molecule has 0 aliphatic carbocycles. The Labute approximate surface area is 204 Å². The van der Waals surface area contributed by atoms with Gasteiger partial charge in [0.25, 0.3) is 0 Å². The maximum absolute atomic E-state index is 6.26. The minimum atomic E-state index is 0.327. The number of methoxy groups -OCH3 is 1. The van der Waals surface area contributed by atoms with Gasteiger partial charge in [-0.25, -0.2) is 19.9 Å². The number of hydrogen-bond donors (Lipinski definition) is 1. The second-order valence-electron chi connectivity index (χ2n) is 8.40. The van der Waals surface area contributed by atoms with Crippen molar-refractivity contribution in [2.24, 2.45) is 0 Å². The Bertz CT molecular complexity index is 1310. The number of aromatic nitrogens is 4. The molecule has 3 heterocycles. The molecule has 0 bridgehead atoms. The number of hydrogen-bond acceptors (Lipinski definition) is 7. The quantitative estimate of drug-likeness (QED) is 0.401. The molecule has 5 rings (SSSR count). The minimum Gasteiger partial charge on any atom is -0.497 e. The van der Waals surface area contributed by atoms with Gasteiger partial charge in [0.15, 0.2) is 11.0 Å². The molecule has 1 fully saturated rings. The topological polar surface area (TPSA) is 76.1 Å². The molecule has 7 nitrogen and oxygen atoms in total. The molecule has 0 amide bonds. The van der Waals surface area contributed by atoms with Gasteiger partial charge in [-0.2, -0.15) is 0 Å². The van der Waals surface area contributed by atoms with Crippen molar-refractivity contribution in [1.29, 1.82) is 0 Å². The van der Waals surface area contributed by atoms with Crippen LogP contribution in [0.1, 0.15) is 25.6 Å². The van der Waals surface area contributed by atoms with E-state index in [-0.39, 0.29) is 0 Å². The smallest absolute Gasteiger partial charge is 0.171 e. The summed E-state index contributed by atoms with van der Waals surface area (Å²) in [5.74, 6) is 2.44. The lowest BCUT2D eigenvalue weighted by Gasteiger charge is -2.34. The van der Waals surface area contributed by atoms with Crippen molar-refractivity contribution in [3.8, 4) is 17.0 Å². The number of fused-ring (bicyclic) bond motifs is 1. The maximum Gasteiger partial charge on any atom is 0.171 e. The van der Waals surface area contributed by atoms with Gasteiger partial charge < -0.3 is 15.0 Å². The number of halogens is 1. The molecule has 0 atom stereocenters. The van der Waals surface area contributed by atoms with Crippen molar-refractivity contribution in [3.63, 3.8) is 0 Å². The summed E-state index contributed by atoms with van der Waals surface area (Å²) in [5.41, 5.74) is 3.08. The van der Waals surface area contributed by atoms with Crippen LogP contribution < -0.4 is 15.0 Å². The SMILES string of the molecule is CCc1nccc(-c2cc(NC3CCN(c4nccnc4Cl)CC3)c3cc(OC)ccc3c2)n1. The maximum atomic E-state index is 6.26. The monoisotopic (exact) mass is 474 g/mol. The van der Waals surface area contributed by atoms with Crippen molar-refractivity contribution < 1.29 is 4.74 Å². The van der Waals surface area contributed by atoms with Crippen molar-refractivity contribution in [2.75, 3.05) is 30.4 Å². The van der Waals surface area contributed by atoms with Gasteiger partial charge in [-0.3, -0.25) is 0 Å². The standard InChI is InChI=1S/C26H27ClN6O/c1-3-24-28-9-6-22(32-24)18-14-17-4-5-20(34-2)16-21(17)23(15-18)31-19-7-12-33(13-8-19)26-25(27)29-10-11-30-26/h4-6,9-11,14-16,19,31H,3,7-8,12-13H2,1-2H3. The highest BCUT2D eigenvalue weighted by molar-refractivity contribution is 6.31. The lowest BCUT2D eigenvalue weighted by Crippen LogP contribution is -2.39. The van der Waals surface area contributed by atoms with Crippen molar-refractivity contribution >= 4 is 33.9 Å². The summed E-state index contributed by atoms with van der Waals surface area (Å²) in [6.45, 7) is 3.80. The number of benzene rings is 2. The number of anilines is 2. The Morgan fingerprint density at radius 3 is 2.62 bits per heavy atom. The van der Waals surface area contributed by atoms with Crippen LogP contribution >= 0.6 is 11.6 Å². The summed E-state index contributed by atoms with van der Waals surface area (Å²) in [5, 5.41) is 6.53. The third kappa shape index (κ3) is 4.61. The van der Waals surface area contributed by atoms with Crippen LogP contribution in [0.2, 0.25) is 5.15 Å². The average molecular weight is 475 g/mol. The van der Waals surface area contributed by atoms with Gasteiger partial charge in [0.05, 0.1) is 12.8 Å². The van der Waals surface area contributed by atoms with Crippen LogP contribution in [0.3, 0.4) is 0 Å². The molecular formula is C26H27ClN6O. The van der Waals surface area contributed by atoms with Crippen LogP contribution in [-0.4, -0.2) is 46.2 Å². The summed E-state index contributed by atoms with van der Waals surface area (Å²) >= 11 is 6.26. The lowest BCUT2D eigenvalue weighted by molar-refractivity contribution is 0.415. The third-order valence-electron chi connectivity index (χ3n) is 6.27. The summed E-state index contributed by atoms with van der Waals surface area (Å²) in [6.07, 6.45) is 7.88. The first kappa shape index (κ1) is 22.3. The van der Waals surface area contributed by atoms with Crippen molar-refractivity contribution in [3.05, 3.63) is 66.0 Å². The van der Waals surface area contributed by atoms with Crippen LogP contribution in [0.4, 0.5) is 11.5 Å².